The summed E-state index contributed by atoms with van der Waals surface area (Å²) >= 11 is 1.75. The molecule has 0 radical (unpaired) electrons. The second-order valence-corrected chi connectivity index (χ2v) is 4.84. The zero-order valence-electron chi connectivity index (χ0n) is 7.35. The van der Waals surface area contributed by atoms with Gasteiger partial charge in [0.2, 0.25) is 0 Å². The van der Waals surface area contributed by atoms with E-state index < -0.39 is 0 Å². The lowest BCUT2D eigenvalue weighted by Crippen LogP contribution is -2.18. The fourth-order valence-electron chi connectivity index (χ4n) is 0.731. The van der Waals surface area contributed by atoms with E-state index in [4.69, 9.17) is 0 Å². The molecule has 0 saturated heterocycles. The molecule has 1 heterocycles. The van der Waals surface area contributed by atoms with Gasteiger partial charge in [-0.05, 0) is 22.9 Å². The summed E-state index contributed by atoms with van der Waals surface area (Å²) in [6.07, 6.45) is 0. The Bertz CT molecular complexity index is 196. The van der Waals surface area contributed by atoms with Crippen molar-refractivity contribution < 1.29 is 0 Å². The van der Waals surface area contributed by atoms with Crippen LogP contribution in [0.5, 0.6) is 0 Å². The van der Waals surface area contributed by atoms with Gasteiger partial charge in [-0.1, -0.05) is 20.8 Å². The maximum Gasteiger partial charge on any atom is 0.0882 e. The van der Waals surface area contributed by atoms with Crippen molar-refractivity contribution in [2.24, 2.45) is 5.41 Å². The van der Waals surface area contributed by atoms with E-state index >= 15 is 0 Å². The SMILES string of the molecule is CC(C)(C)CNc1cccs1. The van der Waals surface area contributed by atoms with E-state index in [9.17, 15) is 0 Å². The minimum absolute atomic E-state index is 0.365. The third kappa shape index (κ3) is 3.42. The Morgan fingerprint density at radius 3 is 2.64 bits per heavy atom. The molecule has 62 valence electrons. The van der Waals surface area contributed by atoms with Crippen molar-refractivity contribution in [3.8, 4) is 0 Å². The summed E-state index contributed by atoms with van der Waals surface area (Å²) in [4.78, 5) is 0. The molecule has 2 heteroatoms. The molecule has 0 saturated carbocycles. The second kappa shape index (κ2) is 3.26. The molecule has 11 heavy (non-hydrogen) atoms. The van der Waals surface area contributed by atoms with E-state index in [0.29, 0.717) is 5.41 Å². The smallest absolute Gasteiger partial charge is 0.0882 e. The molecule has 0 aliphatic heterocycles. The fraction of sp³-hybridized carbons (Fsp3) is 0.556. The summed E-state index contributed by atoms with van der Waals surface area (Å²) in [7, 11) is 0. The largest absolute Gasteiger partial charge is 0.376 e. The molecule has 0 atom stereocenters. The number of hydrogen-bond donors (Lipinski definition) is 1. The maximum absolute atomic E-state index is 3.38. The van der Waals surface area contributed by atoms with E-state index in [1.807, 2.05) is 0 Å². The molecule has 1 aromatic rings. The fourth-order valence-corrected chi connectivity index (χ4v) is 1.35. The van der Waals surface area contributed by atoms with Crippen molar-refractivity contribution in [1.82, 2.24) is 0 Å². The topological polar surface area (TPSA) is 12.0 Å². The first kappa shape index (κ1) is 8.60. The predicted octanol–water partition coefficient (Wildman–Crippen LogP) is 3.21. The number of thiophene rings is 1. The summed E-state index contributed by atoms with van der Waals surface area (Å²) in [5.41, 5.74) is 0.365. The number of anilines is 1. The molecule has 0 spiro atoms. The zero-order chi connectivity index (χ0) is 8.32. The van der Waals surface area contributed by atoms with Gasteiger partial charge < -0.3 is 5.32 Å². The van der Waals surface area contributed by atoms with Gasteiger partial charge in [-0.15, -0.1) is 11.3 Å². The van der Waals surface area contributed by atoms with Crippen molar-refractivity contribution in [3.63, 3.8) is 0 Å². The first-order valence-corrected chi connectivity index (χ1v) is 4.73. The summed E-state index contributed by atoms with van der Waals surface area (Å²) in [5, 5.41) is 6.74. The van der Waals surface area contributed by atoms with Crippen LogP contribution < -0.4 is 5.32 Å². The van der Waals surface area contributed by atoms with Crippen LogP contribution >= 0.6 is 11.3 Å². The lowest BCUT2D eigenvalue weighted by atomic mass is 9.97. The van der Waals surface area contributed by atoms with E-state index in [-0.39, 0.29) is 0 Å². The highest BCUT2D eigenvalue weighted by atomic mass is 32.1. The van der Waals surface area contributed by atoms with E-state index in [0.717, 1.165) is 6.54 Å². The van der Waals surface area contributed by atoms with Crippen LogP contribution in [-0.4, -0.2) is 6.54 Å². The Morgan fingerprint density at radius 2 is 2.18 bits per heavy atom. The minimum atomic E-state index is 0.365. The molecule has 0 aliphatic rings. The Labute approximate surface area is 72.4 Å². The molecule has 1 aromatic heterocycles. The van der Waals surface area contributed by atoms with Crippen molar-refractivity contribution in [3.05, 3.63) is 17.5 Å². The van der Waals surface area contributed by atoms with Crippen LogP contribution in [0.15, 0.2) is 17.5 Å². The molecule has 0 aromatic carbocycles. The van der Waals surface area contributed by atoms with Crippen LogP contribution in [0.1, 0.15) is 20.8 Å². The van der Waals surface area contributed by atoms with Crippen LogP contribution in [-0.2, 0) is 0 Å². The Morgan fingerprint density at radius 1 is 1.45 bits per heavy atom. The molecule has 0 fully saturated rings. The normalized spacial score (nSPS) is 11.5. The van der Waals surface area contributed by atoms with E-state index in [2.05, 4.69) is 43.6 Å². The second-order valence-electron chi connectivity index (χ2n) is 3.89. The van der Waals surface area contributed by atoms with Gasteiger partial charge in [-0.25, -0.2) is 0 Å². The number of hydrogen-bond acceptors (Lipinski definition) is 2. The van der Waals surface area contributed by atoms with E-state index in [1.54, 1.807) is 11.3 Å². The average molecular weight is 169 g/mol. The average Bonchev–Trinajstić information content (AvgIpc) is 2.32. The highest BCUT2D eigenvalue weighted by Gasteiger charge is 2.08. The van der Waals surface area contributed by atoms with Gasteiger partial charge in [0.05, 0.1) is 5.00 Å². The first-order valence-electron chi connectivity index (χ1n) is 3.85. The molecular formula is C9H15NS. The van der Waals surface area contributed by atoms with Crippen molar-refractivity contribution in [2.45, 2.75) is 20.8 Å². The van der Waals surface area contributed by atoms with Gasteiger partial charge in [-0.2, -0.15) is 0 Å². The standard InChI is InChI=1S/C9H15NS/c1-9(2,3)7-10-8-5-4-6-11-8/h4-6,10H,7H2,1-3H3. The molecular weight excluding hydrogens is 154 g/mol. The van der Waals surface area contributed by atoms with Gasteiger partial charge in [0.15, 0.2) is 0 Å². The molecule has 0 aliphatic carbocycles. The quantitative estimate of drug-likeness (QED) is 0.717. The summed E-state index contributed by atoms with van der Waals surface area (Å²) in [6, 6.07) is 4.17. The lowest BCUT2D eigenvalue weighted by Gasteiger charge is -2.18. The summed E-state index contributed by atoms with van der Waals surface area (Å²) in [5.74, 6) is 0. The highest BCUT2D eigenvalue weighted by molar-refractivity contribution is 7.14. The van der Waals surface area contributed by atoms with Crippen LogP contribution in [0.4, 0.5) is 5.00 Å². The molecule has 1 rings (SSSR count). The van der Waals surface area contributed by atoms with Gasteiger partial charge in [0, 0.05) is 6.54 Å². The van der Waals surface area contributed by atoms with Crippen LogP contribution in [0.25, 0.3) is 0 Å². The highest BCUT2D eigenvalue weighted by Crippen LogP contribution is 2.19. The van der Waals surface area contributed by atoms with Gasteiger partial charge >= 0.3 is 0 Å². The molecule has 1 N–H and O–H groups in total. The maximum atomic E-state index is 3.38. The van der Waals surface area contributed by atoms with Gasteiger partial charge in [0.25, 0.3) is 0 Å². The number of nitrogens with one attached hydrogen (secondary N) is 1. The monoisotopic (exact) mass is 169 g/mol. The zero-order valence-corrected chi connectivity index (χ0v) is 8.16. The summed E-state index contributed by atoms with van der Waals surface area (Å²) in [6.45, 7) is 7.72. The Kier molecular flexibility index (Phi) is 2.55. The first-order chi connectivity index (χ1) is 5.08. The van der Waals surface area contributed by atoms with E-state index in [1.165, 1.54) is 5.00 Å². The number of rotatable bonds is 2. The minimum Gasteiger partial charge on any atom is -0.376 e. The van der Waals surface area contributed by atoms with Crippen LogP contribution in [0, 0.1) is 5.41 Å². The third-order valence-corrected chi connectivity index (χ3v) is 2.14. The molecule has 0 amide bonds. The van der Waals surface area contributed by atoms with Crippen LogP contribution in [0.3, 0.4) is 0 Å². The van der Waals surface area contributed by atoms with Crippen molar-refractivity contribution in [1.29, 1.82) is 0 Å². The van der Waals surface area contributed by atoms with Gasteiger partial charge in [0.1, 0.15) is 0 Å². The lowest BCUT2D eigenvalue weighted by molar-refractivity contribution is 0.443. The predicted molar refractivity (Wildman–Crippen MR) is 52.3 cm³/mol. The molecule has 1 nitrogen and oxygen atoms in total. The Hall–Kier alpha value is -0.500. The van der Waals surface area contributed by atoms with Crippen molar-refractivity contribution in [2.75, 3.05) is 11.9 Å². The molecule has 0 unspecified atom stereocenters. The Balaban J connectivity index is 2.35. The van der Waals surface area contributed by atoms with Crippen LogP contribution in [0.2, 0.25) is 0 Å². The van der Waals surface area contributed by atoms with Crippen molar-refractivity contribution >= 4 is 16.3 Å². The van der Waals surface area contributed by atoms with Gasteiger partial charge in [-0.3, -0.25) is 0 Å². The summed E-state index contributed by atoms with van der Waals surface area (Å²) < 4.78 is 0. The molecule has 0 bridgehead atoms. The third-order valence-electron chi connectivity index (χ3n) is 1.31.